The molecule has 0 radical (unpaired) electrons. The summed E-state index contributed by atoms with van der Waals surface area (Å²) in [6.07, 6.45) is 1.07. The number of Topliss-reactive ketones (excluding diaryl/α,β-unsaturated/α-hetero) is 1. The Kier molecular flexibility index (Phi) is 2.40. The van der Waals surface area contributed by atoms with Gasteiger partial charge in [-0.05, 0) is 12.3 Å². The van der Waals surface area contributed by atoms with Crippen molar-refractivity contribution in [2.45, 2.75) is 25.4 Å². The lowest BCUT2D eigenvalue weighted by Crippen LogP contribution is -2.21. The summed E-state index contributed by atoms with van der Waals surface area (Å²) in [5, 5.41) is 17.6. The van der Waals surface area contributed by atoms with Gasteiger partial charge >= 0.3 is 0 Å². The summed E-state index contributed by atoms with van der Waals surface area (Å²) in [5.41, 5.74) is 0. The second-order valence-corrected chi connectivity index (χ2v) is 2.79. The van der Waals surface area contributed by atoms with Crippen molar-refractivity contribution in [3.8, 4) is 0 Å². The normalized spacial score (nSPS) is 29.0. The molecule has 1 saturated carbocycles. The second-order valence-electron chi connectivity index (χ2n) is 2.79. The summed E-state index contributed by atoms with van der Waals surface area (Å²) in [5.74, 6) is 0.218. The average Bonchev–Trinajstić information content (AvgIpc) is 2.34. The van der Waals surface area contributed by atoms with Crippen molar-refractivity contribution in [3.63, 3.8) is 0 Å². The molecule has 1 aliphatic rings. The molecule has 58 valence electrons. The predicted molar refractivity (Wildman–Crippen MR) is 35.4 cm³/mol. The van der Waals surface area contributed by atoms with Crippen molar-refractivity contribution in [1.29, 1.82) is 0 Å². The summed E-state index contributed by atoms with van der Waals surface area (Å²) in [4.78, 5) is 10.7. The van der Waals surface area contributed by atoms with Crippen molar-refractivity contribution in [1.82, 2.24) is 0 Å². The average molecular weight is 144 g/mol. The number of hydrogen-bond donors (Lipinski definition) is 2. The molecule has 0 heterocycles. The van der Waals surface area contributed by atoms with Crippen LogP contribution in [-0.4, -0.2) is 28.7 Å². The fourth-order valence-corrected chi connectivity index (χ4v) is 1.32. The highest BCUT2D eigenvalue weighted by Crippen LogP contribution is 2.24. The van der Waals surface area contributed by atoms with Crippen molar-refractivity contribution in [3.05, 3.63) is 0 Å². The molecule has 2 atom stereocenters. The molecule has 3 heteroatoms. The molecule has 0 bridgehead atoms. The number of ketones is 1. The summed E-state index contributed by atoms with van der Waals surface area (Å²) < 4.78 is 0. The van der Waals surface area contributed by atoms with Gasteiger partial charge in [0.2, 0.25) is 0 Å². The fourth-order valence-electron chi connectivity index (χ4n) is 1.32. The van der Waals surface area contributed by atoms with E-state index in [1.54, 1.807) is 0 Å². The van der Waals surface area contributed by atoms with Crippen LogP contribution in [0.1, 0.15) is 19.3 Å². The number of aliphatic hydroxyl groups excluding tert-OH is 2. The smallest absolute Gasteiger partial charge is 0.133 e. The molecule has 10 heavy (non-hydrogen) atoms. The van der Waals surface area contributed by atoms with Crippen LogP contribution in [0.5, 0.6) is 0 Å². The maximum atomic E-state index is 10.7. The van der Waals surface area contributed by atoms with Gasteiger partial charge in [0.1, 0.15) is 5.78 Å². The fraction of sp³-hybridized carbons (Fsp3) is 0.857. The molecule has 0 aliphatic heterocycles. The Balaban J connectivity index is 2.36. The highest BCUT2D eigenvalue weighted by molar-refractivity contribution is 5.80. The lowest BCUT2D eigenvalue weighted by Gasteiger charge is -2.12. The Morgan fingerprint density at radius 2 is 2.40 bits per heavy atom. The van der Waals surface area contributed by atoms with E-state index >= 15 is 0 Å². The number of aliphatic hydroxyl groups is 2. The van der Waals surface area contributed by atoms with E-state index in [-0.39, 0.29) is 18.3 Å². The zero-order valence-electron chi connectivity index (χ0n) is 5.79. The highest BCUT2D eigenvalue weighted by atomic mass is 16.3. The van der Waals surface area contributed by atoms with Crippen LogP contribution in [0.3, 0.4) is 0 Å². The van der Waals surface area contributed by atoms with E-state index in [0.29, 0.717) is 12.8 Å². The van der Waals surface area contributed by atoms with Crippen LogP contribution >= 0.6 is 0 Å². The third-order valence-corrected chi connectivity index (χ3v) is 2.02. The summed E-state index contributed by atoms with van der Waals surface area (Å²) in [6.45, 7) is -0.224. The number of rotatable bonds is 2. The van der Waals surface area contributed by atoms with E-state index in [2.05, 4.69) is 0 Å². The van der Waals surface area contributed by atoms with Gasteiger partial charge in [0, 0.05) is 12.8 Å². The molecule has 0 saturated heterocycles. The summed E-state index contributed by atoms with van der Waals surface area (Å²) >= 11 is 0. The van der Waals surface area contributed by atoms with E-state index in [1.807, 2.05) is 0 Å². The van der Waals surface area contributed by atoms with E-state index in [9.17, 15) is 4.79 Å². The Hall–Kier alpha value is -0.410. The van der Waals surface area contributed by atoms with E-state index in [4.69, 9.17) is 10.2 Å². The minimum Gasteiger partial charge on any atom is -0.394 e. The van der Waals surface area contributed by atoms with Gasteiger partial charge in [-0.2, -0.15) is 0 Å². The minimum atomic E-state index is -0.688. The van der Waals surface area contributed by atoms with Crippen LogP contribution in [0.25, 0.3) is 0 Å². The van der Waals surface area contributed by atoms with Gasteiger partial charge in [0.05, 0.1) is 12.7 Å². The number of hydrogen-bond acceptors (Lipinski definition) is 3. The molecule has 1 fully saturated rings. The molecule has 0 amide bonds. The Labute approximate surface area is 59.7 Å². The minimum absolute atomic E-state index is 0.0116. The SMILES string of the molecule is O=C1CC[C@@H]([C@H](O)CO)C1. The van der Waals surface area contributed by atoms with Crippen molar-refractivity contribution < 1.29 is 15.0 Å². The van der Waals surface area contributed by atoms with Crippen LogP contribution in [0.4, 0.5) is 0 Å². The largest absolute Gasteiger partial charge is 0.394 e. The lowest BCUT2D eigenvalue weighted by molar-refractivity contribution is -0.118. The van der Waals surface area contributed by atoms with E-state index < -0.39 is 6.10 Å². The number of carbonyl (C=O) groups is 1. The molecule has 0 unspecified atom stereocenters. The molecule has 0 aromatic heterocycles. The van der Waals surface area contributed by atoms with Crippen LogP contribution in [0.15, 0.2) is 0 Å². The zero-order chi connectivity index (χ0) is 7.56. The molecular formula is C7H12O3. The maximum Gasteiger partial charge on any atom is 0.133 e. The van der Waals surface area contributed by atoms with Crippen molar-refractivity contribution >= 4 is 5.78 Å². The molecule has 0 spiro atoms. The molecule has 1 rings (SSSR count). The van der Waals surface area contributed by atoms with Crippen LogP contribution in [-0.2, 0) is 4.79 Å². The molecule has 3 nitrogen and oxygen atoms in total. The first kappa shape index (κ1) is 7.69. The maximum absolute atomic E-state index is 10.7. The van der Waals surface area contributed by atoms with Crippen LogP contribution < -0.4 is 0 Å². The lowest BCUT2D eigenvalue weighted by atomic mass is 10.0. The van der Waals surface area contributed by atoms with Crippen LogP contribution in [0, 0.1) is 5.92 Å². The van der Waals surface area contributed by atoms with Gasteiger partial charge in [-0.15, -0.1) is 0 Å². The van der Waals surface area contributed by atoms with Gasteiger partial charge in [-0.3, -0.25) is 4.79 Å². The van der Waals surface area contributed by atoms with Gasteiger partial charge in [0.25, 0.3) is 0 Å². The topological polar surface area (TPSA) is 57.5 Å². The van der Waals surface area contributed by atoms with Crippen molar-refractivity contribution in [2.24, 2.45) is 5.92 Å². The van der Waals surface area contributed by atoms with E-state index in [0.717, 1.165) is 6.42 Å². The quantitative estimate of drug-likeness (QED) is 0.560. The second kappa shape index (κ2) is 3.12. The Morgan fingerprint density at radius 3 is 2.80 bits per heavy atom. The Morgan fingerprint density at radius 1 is 1.70 bits per heavy atom. The number of carbonyl (C=O) groups excluding carboxylic acids is 1. The standard InChI is InChI=1S/C7H12O3/c8-4-7(10)5-1-2-6(9)3-5/h5,7-8,10H,1-4H2/t5-,7-/m1/s1. The third kappa shape index (κ3) is 1.55. The molecule has 0 aromatic carbocycles. The molecule has 1 aliphatic carbocycles. The molecule has 0 aromatic rings. The predicted octanol–water partition coefficient (Wildman–Crippen LogP) is -0.291. The van der Waals surface area contributed by atoms with Gasteiger partial charge < -0.3 is 10.2 Å². The van der Waals surface area contributed by atoms with Crippen molar-refractivity contribution in [2.75, 3.05) is 6.61 Å². The first-order valence-corrected chi connectivity index (χ1v) is 3.54. The van der Waals surface area contributed by atoms with E-state index in [1.165, 1.54) is 0 Å². The van der Waals surface area contributed by atoms with Gasteiger partial charge in [-0.25, -0.2) is 0 Å². The molecule has 2 N–H and O–H groups in total. The summed E-state index contributed by atoms with van der Waals surface area (Å²) in [6, 6.07) is 0. The van der Waals surface area contributed by atoms with Gasteiger partial charge in [0.15, 0.2) is 0 Å². The van der Waals surface area contributed by atoms with Gasteiger partial charge in [-0.1, -0.05) is 0 Å². The Bertz CT molecular complexity index is 133. The summed E-state index contributed by atoms with van der Waals surface area (Å²) in [7, 11) is 0. The monoisotopic (exact) mass is 144 g/mol. The molecular weight excluding hydrogens is 132 g/mol. The zero-order valence-corrected chi connectivity index (χ0v) is 5.79. The third-order valence-electron chi connectivity index (χ3n) is 2.02. The first-order chi connectivity index (χ1) is 4.74. The highest BCUT2D eigenvalue weighted by Gasteiger charge is 2.27. The van der Waals surface area contributed by atoms with Crippen LogP contribution in [0.2, 0.25) is 0 Å². The first-order valence-electron chi connectivity index (χ1n) is 3.54.